The van der Waals surface area contributed by atoms with Gasteiger partial charge in [0.25, 0.3) is 0 Å². The van der Waals surface area contributed by atoms with E-state index < -0.39 is 0 Å². The van der Waals surface area contributed by atoms with Crippen LogP contribution in [-0.2, 0) is 4.74 Å². The first-order valence-electron chi connectivity index (χ1n) is 6.82. The van der Waals surface area contributed by atoms with E-state index in [2.05, 4.69) is 30.9 Å². The summed E-state index contributed by atoms with van der Waals surface area (Å²) in [6, 6.07) is 8.51. The van der Waals surface area contributed by atoms with E-state index >= 15 is 0 Å². The number of benzene rings is 1. The first-order valence-corrected chi connectivity index (χ1v) is 7.81. The minimum atomic E-state index is 0.280. The van der Waals surface area contributed by atoms with Gasteiger partial charge in [0.2, 0.25) is 0 Å². The van der Waals surface area contributed by atoms with Gasteiger partial charge in [0.1, 0.15) is 6.07 Å². The Balaban J connectivity index is 2.28. The number of rotatable bonds is 4. The Hall–Kier alpha value is -1.18. The second kappa shape index (κ2) is 6.83. The molecule has 3 nitrogen and oxygen atoms in total. The summed E-state index contributed by atoms with van der Waals surface area (Å²) in [5, 5.41) is 9.46. The van der Waals surface area contributed by atoms with Crippen LogP contribution in [0.5, 0.6) is 0 Å². The van der Waals surface area contributed by atoms with E-state index in [1.807, 2.05) is 12.1 Å². The number of thioether (sulfide) groups is 1. The molecule has 2 rings (SSSR count). The molecule has 1 aromatic rings. The predicted octanol–water partition coefficient (Wildman–Crippen LogP) is 3.29. The normalized spacial score (nSPS) is 19.2. The van der Waals surface area contributed by atoms with Gasteiger partial charge >= 0.3 is 0 Å². The maximum atomic E-state index is 9.46. The van der Waals surface area contributed by atoms with E-state index in [1.54, 1.807) is 11.8 Å². The number of ether oxygens (including phenoxy) is 1. The van der Waals surface area contributed by atoms with Gasteiger partial charge in [-0.1, -0.05) is 19.9 Å². The summed E-state index contributed by atoms with van der Waals surface area (Å²) in [4.78, 5) is 3.37. The smallest absolute Gasteiger partial charge is 0.103 e. The van der Waals surface area contributed by atoms with Crippen LogP contribution in [0.2, 0.25) is 0 Å². The molecule has 1 atom stereocenters. The molecule has 1 saturated heterocycles. The van der Waals surface area contributed by atoms with Gasteiger partial charge in [-0.2, -0.15) is 5.26 Å². The van der Waals surface area contributed by atoms with Crippen molar-refractivity contribution in [3.05, 3.63) is 23.8 Å². The maximum absolute atomic E-state index is 9.46. The van der Waals surface area contributed by atoms with Gasteiger partial charge < -0.3 is 9.64 Å². The molecular formula is C15H20N2OS. The van der Waals surface area contributed by atoms with Crippen LogP contribution in [0.4, 0.5) is 5.69 Å². The van der Waals surface area contributed by atoms with Crippen LogP contribution in [0.25, 0.3) is 0 Å². The number of nitrogens with zero attached hydrogens (tertiary/aromatic N) is 2. The van der Waals surface area contributed by atoms with E-state index in [9.17, 15) is 5.26 Å². The maximum Gasteiger partial charge on any atom is 0.103 e. The van der Waals surface area contributed by atoms with E-state index in [-0.39, 0.29) is 6.10 Å². The number of nitriles is 1. The summed E-state index contributed by atoms with van der Waals surface area (Å²) in [7, 11) is 0. The predicted molar refractivity (Wildman–Crippen MR) is 79.8 cm³/mol. The molecule has 1 fully saturated rings. The lowest BCUT2D eigenvalue weighted by molar-refractivity contribution is 0.0384. The number of hydrogen-bond acceptors (Lipinski definition) is 4. The van der Waals surface area contributed by atoms with Crippen LogP contribution in [0.15, 0.2) is 23.1 Å². The van der Waals surface area contributed by atoms with Gasteiger partial charge in [0, 0.05) is 18.0 Å². The van der Waals surface area contributed by atoms with E-state index in [4.69, 9.17) is 4.74 Å². The van der Waals surface area contributed by atoms with E-state index in [1.165, 1.54) is 0 Å². The van der Waals surface area contributed by atoms with Crippen molar-refractivity contribution in [3.8, 4) is 6.07 Å². The van der Waals surface area contributed by atoms with Crippen LogP contribution < -0.4 is 4.90 Å². The fourth-order valence-electron chi connectivity index (χ4n) is 2.36. The Labute approximate surface area is 119 Å². The van der Waals surface area contributed by atoms with Crippen LogP contribution in [-0.4, -0.2) is 31.6 Å². The monoisotopic (exact) mass is 276 g/mol. The minimum absolute atomic E-state index is 0.280. The molecule has 0 saturated carbocycles. The third-order valence-corrected chi connectivity index (χ3v) is 4.29. The molecule has 0 amide bonds. The van der Waals surface area contributed by atoms with Gasteiger partial charge in [-0.3, -0.25) is 0 Å². The second-order valence-corrected chi connectivity index (χ2v) is 5.85. The van der Waals surface area contributed by atoms with Crippen molar-refractivity contribution in [2.75, 3.05) is 30.3 Å². The van der Waals surface area contributed by atoms with Crippen LogP contribution >= 0.6 is 11.8 Å². The summed E-state index contributed by atoms with van der Waals surface area (Å²) in [5.74, 6) is 0.985. The van der Waals surface area contributed by atoms with Crippen molar-refractivity contribution in [1.82, 2.24) is 0 Å². The SMILES string of the molecule is CCSc1cccc(N2CCOC(CC)C2)c1C#N. The molecule has 102 valence electrons. The van der Waals surface area contributed by atoms with Crippen LogP contribution in [0, 0.1) is 11.3 Å². The van der Waals surface area contributed by atoms with Gasteiger partial charge in [-0.15, -0.1) is 11.8 Å². The number of morpholine rings is 1. The topological polar surface area (TPSA) is 36.3 Å². The molecule has 1 aliphatic rings. The van der Waals surface area contributed by atoms with Crippen molar-refractivity contribution in [2.45, 2.75) is 31.3 Å². The molecule has 0 radical (unpaired) electrons. The molecule has 0 spiro atoms. The highest BCUT2D eigenvalue weighted by molar-refractivity contribution is 7.99. The molecule has 1 aromatic carbocycles. The molecule has 1 aliphatic heterocycles. The van der Waals surface area contributed by atoms with Gasteiger partial charge in [-0.25, -0.2) is 0 Å². The Bertz CT molecular complexity index is 470. The van der Waals surface area contributed by atoms with E-state index in [0.717, 1.165) is 48.0 Å². The zero-order valence-corrected chi connectivity index (χ0v) is 12.4. The Morgan fingerprint density at radius 1 is 1.47 bits per heavy atom. The molecule has 1 heterocycles. The summed E-state index contributed by atoms with van der Waals surface area (Å²) in [6.45, 7) is 6.74. The lowest BCUT2D eigenvalue weighted by Gasteiger charge is -2.34. The highest BCUT2D eigenvalue weighted by atomic mass is 32.2. The van der Waals surface area contributed by atoms with Crippen molar-refractivity contribution in [1.29, 1.82) is 5.26 Å². The third-order valence-electron chi connectivity index (χ3n) is 3.35. The lowest BCUT2D eigenvalue weighted by atomic mass is 10.1. The van der Waals surface area contributed by atoms with E-state index in [0.29, 0.717) is 0 Å². The van der Waals surface area contributed by atoms with Crippen molar-refractivity contribution >= 4 is 17.4 Å². The van der Waals surface area contributed by atoms with Gasteiger partial charge in [0.15, 0.2) is 0 Å². The summed E-state index contributed by atoms with van der Waals surface area (Å²) < 4.78 is 5.70. The Morgan fingerprint density at radius 3 is 3.00 bits per heavy atom. The molecule has 19 heavy (non-hydrogen) atoms. The minimum Gasteiger partial charge on any atom is -0.375 e. The largest absolute Gasteiger partial charge is 0.375 e. The Kier molecular flexibility index (Phi) is 5.12. The quantitative estimate of drug-likeness (QED) is 0.791. The first-order chi connectivity index (χ1) is 9.30. The Morgan fingerprint density at radius 2 is 2.32 bits per heavy atom. The fraction of sp³-hybridized carbons (Fsp3) is 0.533. The van der Waals surface area contributed by atoms with Crippen molar-refractivity contribution < 1.29 is 4.74 Å². The van der Waals surface area contributed by atoms with Crippen molar-refractivity contribution in [3.63, 3.8) is 0 Å². The van der Waals surface area contributed by atoms with Gasteiger partial charge in [-0.05, 0) is 24.3 Å². The lowest BCUT2D eigenvalue weighted by Crippen LogP contribution is -2.42. The highest BCUT2D eigenvalue weighted by Crippen LogP contribution is 2.31. The summed E-state index contributed by atoms with van der Waals surface area (Å²) in [5.41, 5.74) is 1.87. The number of anilines is 1. The molecule has 0 bridgehead atoms. The van der Waals surface area contributed by atoms with Crippen molar-refractivity contribution in [2.24, 2.45) is 0 Å². The molecule has 4 heteroatoms. The third kappa shape index (κ3) is 3.23. The molecule has 0 N–H and O–H groups in total. The van der Waals surface area contributed by atoms with Gasteiger partial charge in [0.05, 0.1) is 24.0 Å². The standard InChI is InChI=1S/C15H20N2OS/c1-3-12-11-17(8-9-18-12)14-6-5-7-15(19-4-2)13(14)10-16/h5-7,12H,3-4,8-9,11H2,1-2H3. The first kappa shape index (κ1) is 14.2. The second-order valence-electron chi connectivity index (χ2n) is 4.54. The highest BCUT2D eigenvalue weighted by Gasteiger charge is 2.22. The zero-order valence-electron chi connectivity index (χ0n) is 11.6. The molecule has 1 unspecified atom stereocenters. The number of hydrogen-bond donors (Lipinski definition) is 0. The summed E-state index contributed by atoms with van der Waals surface area (Å²) in [6.07, 6.45) is 1.30. The fourth-order valence-corrected chi connectivity index (χ4v) is 3.14. The van der Waals surface area contributed by atoms with Crippen LogP contribution in [0.3, 0.4) is 0 Å². The van der Waals surface area contributed by atoms with Crippen LogP contribution in [0.1, 0.15) is 25.8 Å². The molecule has 0 aliphatic carbocycles. The average Bonchev–Trinajstić information content (AvgIpc) is 2.47. The molecular weight excluding hydrogens is 256 g/mol. The molecule has 0 aromatic heterocycles. The summed E-state index contributed by atoms with van der Waals surface area (Å²) >= 11 is 1.73. The average molecular weight is 276 g/mol. The zero-order chi connectivity index (χ0) is 13.7.